The lowest BCUT2D eigenvalue weighted by molar-refractivity contribution is -0.107. The number of carbonyl (C=O) groups excluding carboxylic acids is 1. The number of aldehydes is 1. The molecular weight excluding hydrogens is 160 g/mol. The van der Waals surface area contributed by atoms with Crippen LogP contribution in [0.4, 0.5) is 0 Å². The van der Waals surface area contributed by atoms with Crippen molar-refractivity contribution in [3.05, 3.63) is 35.4 Å². The van der Waals surface area contributed by atoms with Crippen molar-refractivity contribution in [1.82, 2.24) is 0 Å². The van der Waals surface area contributed by atoms with Crippen molar-refractivity contribution in [2.45, 2.75) is 32.6 Å². The zero-order valence-corrected chi connectivity index (χ0v) is 8.12. The first-order valence-electron chi connectivity index (χ1n) is 4.89. The fraction of sp³-hybridized carbons (Fsp3) is 0.417. The van der Waals surface area contributed by atoms with Crippen molar-refractivity contribution in [3.63, 3.8) is 0 Å². The van der Waals surface area contributed by atoms with Crippen molar-refractivity contribution in [2.75, 3.05) is 0 Å². The molecule has 1 aromatic rings. The molecule has 0 aromatic heterocycles. The number of benzene rings is 1. The first-order chi connectivity index (χ1) is 6.38. The van der Waals surface area contributed by atoms with Crippen LogP contribution in [0.3, 0.4) is 0 Å². The quantitative estimate of drug-likeness (QED) is 0.498. The SMILES string of the molecule is CCc1ccccc1CCCC=O. The predicted molar refractivity (Wildman–Crippen MR) is 54.8 cm³/mol. The molecule has 1 heteroatoms. The van der Waals surface area contributed by atoms with Crippen molar-refractivity contribution in [2.24, 2.45) is 0 Å². The molecule has 1 aromatic carbocycles. The Morgan fingerprint density at radius 2 is 1.92 bits per heavy atom. The molecule has 0 radical (unpaired) electrons. The number of unbranched alkanes of at least 4 members (excludes halogenated alkanes) is 1. The number of rotatable bonds is 5. The van der Waals surface area contributed by atoms with Crippen molar-refractivity contribution in [1.29, 1.82) is 0 Å². The Kier molecular flexibility index (Phi) is 4.24. The molecule has 70 valence electrons. The van der Waals surface area contributed by atoms with E-state index in [2.05, 4.69) is 31.2 Å². The van der Waals surface area contributed by atoms with Gasteiger partial charge in [0.25, 0.3) is 0 Å². The third-order valence-electron chi connectivity index (χ3n) is 2.27. The highest BCUT2D eigenvalue weighted by Gasteiger charge is 1.98. The van der Waals surface area contributed by atoms with Gasteiger partial charge in [-0.25, -0.2) is 0 Å². The van der Waals surface area contributed by atoms with E-state index in [1.807, 2.05) is 0 Å². The average Bonchev–Trinajstić information content (AvgIpc) is 2.19. The molecule has 0 saturated carbocycles. The molecule has 0 aliphatic rings. The van der Waals surface area contributed by atoms with E-state index in [-0.39, 0.29) is 0 Å². The van der Waals surface area contributed by atoms with E-state index in [0.717, 1.165) is 25.5 Å². The molecule has 13 heavy (non-hydrogen) atoms. The predicted octanol–water partition coefficient (Wildman–Crippen LogP) is 2.77. The van der Waals surface area contributed by atoms with Crippen LogP contribution in [0.1, 0.15) is 30.9 Å². The molecule has 0 amide bonds. The normalized spacial score (nSPS) is 9.92. The minimum absolute atomic E-state index is 0.679. The molecule has 0 fully saturated rings. The maximum atomic E-state index is 10.1. The first kappa shape index (κ1) is 9.97. The van der Waals surface area contributed by atoms with Crippen LogP contribution in [0.5, 0.6) is 0 Å². The van der Waals surface area contributed by atoms with Crippen LogP contribution in [0.15, 0.2) is 24.3 Å². The summed E-state index contributed by atoms with van der Waals surface area (Å²) in [5.74, 6) is 0. The van der Waals surface area contributed by atoms with Crippen LogP contribution in [0.25, 0.3) is 0 Å². The van der Waals surface area contributed by atoms with Crippen LogP contribution in [-0.4, -0.2) is 6.29 Å². The summed E-state index contributed by atoms with van der Waals surface area (Å²) in [6.07, 6.45) is 4.76. The fourth-order valence-electron chi connectivity index (χ4n) is 1.52. The van der Waals surface area contributed by atoms with E-state index < -0.39 is 0 Å². The highest BCUT2D eigenvalue weighted by Crippen LogP contribution is 2.11. The molecule has 0 aliphatic carbocycles. The van der Waals surface area contributed by atoms with Gasteiger partial charge in [-0.2, -0.15) is 0 Å². The molecule has 0 saturated heterocycles. The van der Waals surface area contributed by atoms with E-state index in [1.165, 1.54) is 11.1 Å². The molecule has 1 rings (SSSR count). The molecule has 0 heterocycles. The second-order valence-corrected chi connectivity index (χ2v) is 3.18. The van der Waals surface area contributed by atoms with Gasteiger partial charge in [0, 0.05) is 6.42 Å². The second-order valence-electron chi connectivity index (χ2n) is 3.18. The highest BCUT2D eigenvalue weighted by molar-refractivity contribution is 5.49. The van der Waals surface area contributed by atoms with Gasteiger partial charge in [0.1, 0.15) is 6.29 Å². The molecule has 0 aliphatic heterocycles. The zero-order valence-electron chi connectivity index (χ0n) is 8.12. The van der Waals surface area contributed by atoms with Gasteiger partial charge in [-0.1, -0.05) is 31.2 Å². The Bertz CT molecular complexity index is 266. The maximum absolute atomic E-state index is 10.1. The Morgan fingerprint density at radius 1 is 1.23 bits per heavy atom. The molecule has 1 nitrogen and oxygen atoms in total. The van der Waals surface area contributed by atoms with Gasteiger partial charge in [-0.05, 0) is 30.4 Å². The summed E-state index contributed by atoms with van der Waals surface area (Å²) in [5.41, 5.74) is 2.81. The van der Waals surface area contributed by atoms with Crippen molar-refractivity contribution < 1.29 is 4.79 Å². The van der Waals surface area contributed by atoms with Crippen LogP contribution >= 0.6 is 0 Å². The summed E-state index contributed by atoms with van der Waals surface area (Å²) in [5, 5.41) is 0. The van der Waals surface area contributed by atoms with Crippen LogP contribution in [-0.2, 0) is 17.6 Å². The van der Waals surface area contributed by atoms with E-state index in [1.54, 1.807) is 0 Å². The third-order valence-corrected chi connectivity index (χ3v) is 2.27. The number of aryl methyl sites for hydroxylation is 2. The summed E-state index contributed by atoms with van der Waals surface area (Å²) in [4.78, 5) is 10.1. The molecular formula is C12H16O. The topological polar surface area (TPSA) is 17.1 Å². The van der Waals surface area contributed by atoms with Crippen LogP contribution in [0.2, 0.25) is 0 Å². The number of hydrogen-bond donors (Lipinski definition) is 0. The Hall–Kier alpha value is -1.11. The van der Waals surface area contributed by atoms with Gasteiger partial charge in [0.05, 0.1) is 0 Å². The monoisotopic (exact) mass is 176 g/mol. The summed E-state index contributed by atoms with van der Waals surface area (Å²) < 4.78 is 0. The van der Waals surface area contributed by atoms with Gasteiger partial charge >= 0.3 is 0 Å². The van der Waals surface area contributed by atoms with Gasteiger partial charge in [0.2, 0.25) is 0 Å². The Balaban J connectivity index is 2.58. The Morgan fingerprint density at radius 3 is 2.54 bits per heavy atom. The van der Waals surface area contributed by atoms with Crippen LogP contribution < -0.4 is 0 Å². The summed E-state index contributed by atoms with van der Waals surface area (Å²) in [7, 11) is 0. The fourth-order valence-corrected chi connectivity index (χ4v) is 1.52. The van der Waals surface area contributed by atoms with Crippen molar-refractivity contribution >= 4 is 6.29 Å². The van der Waals surface area contributed by atoms with Gasteiger partial charge in [-0.3, -0.25) is 0 Å². The standard InChI is InChI=1S/C12H16O/c1-2-11-7-3-4-8-12(11)9-5-6-10-13/h3-4,7-8,10H,2,5-6,9H2,1H3. The van der Waals surface area contributed by atoms with Crippen LogP contribution in [0, 0.1) is 0 Å². The minimum Gasteiger partial charge on any atom is -0.303 e. The maximum Gasteiger partial charge on any atom is 0.120 e. The van der Waals surface area contributed by atoms with E-state index in [9.17, 15) is 4.79 Å². The molecule has 0 spiro atoms. The smallest absolute Gasteiger partial charge is 0.120 e. The third kappa shape index (κ3) is 3.02. The molecule has 0 N–H and O–H groups in total. The molecule has 0 atom stereocenters. The summed E-state index contributed by atoms with van der Waals surface area (Å²) in [6.45, 7) is 2.17. The second kappa shape index (κ2) is 5.52. The summed E-state index contributed by atoms with van der Waals surface area (Å²) in [6, 6.07) is 8.46. The van der Waals surface area contributed by atoms with Gasteiger partial charge < -0.3 is 4.79 Å². The lowest BCUT2D eigenvalue weighted by atomic mass is 10.0. The summed E-state index contributed by atoms with van der Waals surface area (Å²) >= 11 is 0. The molecule has 0 bridgehead atoms. The average molecular weight is 176 g/mol. The van der Waals surface area contributed by atoms with Gasteiger partial charge in [0.15, 0.2) is 0 Å². The highest BCUT2D eigenvalue weighted by atomic mass is 16.1. The van der Waals surface area contributed by atoms with E-state index in [4.69, 9.17) is 0 Å². The van der Waals surface area contributed by atoms with Gasteiger partial charge in [-0.15, -0.1) is 0 Å². The molecule has 0 unspecified atom stereocenters. The van der Waals surface area contributed by atoms with E-state index in [0.29, 0.717) is 6.42 Å². The largest absolute Gasteiger partial charge is 0.303 e. The Labute approximate surface area is 79.8 Å². The number of hydrogen-bond acceptors (Lipinski definition) is 1. The zero-order chi connectivity index (χ0) is 9.52. The minimum atomic E-state index is 0.679. The number of carbonyl (C=O) groups is 1. The lowest BCUT2D eigenvalue weighted by Gasteiger charge is -2.05. The lowest BCUT2D eigenvalue weighted by Crippen LogP contribution is -1.92. The van der Waals surface area contributed by atoms with E-state index >= 15 is 0 Å². The van der Waals surface area contributed by atoms with Crippen molar-refractivity contribution in [3.8, 4) is 0 Å². The first-order valence-corrected chi connectivity index (χ1v) is 4.89.